The molecule has 0 amide bonds. The van der Waals surface area contributed by atoms with Crippen molar-refractivity contribution in [3.8, 4) is 0 Å². The SMILES string of the molecule is C=Cc1cccc(CC)n1. The van der Waals surface area contributed by atoms with Crippen molar-refractivity contribution in [1.82, 2.24) is 4.98 Å². The van der Waals surface area contributed by atoms with E-state index in [-0.39, 0.29) is 0 Å². The van der Waals surface area contributed by atoms with Crippen molar-refractivity contribution >= 4 is 6.08 Å². The molecule has 1 aromatic heterocycles. The molecule has 0 N–H and O–H groups in total. The Bertz CT molecular complexity index is 228. The normalized spacial score (nSPS) is 9.30. The lowest BCUT2D eigenvalue weighted by molar-refractivity contribution is 1.03. The topological polar surface area (TPSA) is 12.9 Å². The highest BCUT2D eigenvalue weighted by atomic mass is 14.7. The maximum absolute atomic E-state index is 4.29. The van der Waals surface area contributed by atoms with Crippen molar-refractivity contribution in [2.24, 2.45) is 0 Å². The van der Waals surface area contributed by atoms with E-state index >= 15 is 0 Å². The van der Waals surface area contributed by atoms with Crippen molar-refractivity contribution in [3.63, 3.8) is 0 Å². The smallest absolute Gasteiger partial charge is 0.0627 e. The molecule has 1 nitrogen and oxygen atoms in total. The number of hydrogen-bond acceptors (Lipinski definition) is 1. The Balaban J connectivity index is 2.98. The maximum atomic E-state index is 4.29. The van der Waals surface area contributed by atoms with E-state index in [2.05, 4.69) is 18.5 Å². The third-order valence-electron chi connectivity index (χ3n) is 1.40. The van der Waals surface area contributed by atoms with E-state index in [4.69, 9.17) is 0 Å². The first-order chi connectivity index (χ1) is 4.86. The van der Waals surface area contributed by atoms with E-state index in [1.807, 2.05) is 18.2 Å². The fraction of sp³-hybridized carbons (Fsp3) is 0.222. The van der Waals surface area contributed by atoms with Gasteiger partial charge in [-0.25, -0.2) is 0 Å². The summed E-state index contributed by atoms with van der Waals surface area (Å²) in [5.74, 6) is 0. The second kappa shape index (κ2) is 3.16. The highest BCUT2D eigenvalue weighted by molar-refractivity contribution is 5.41. The van der Waals surface area contributed by atoms with Crippen LogP contribution in [0, 0.1) is 0 Å². The van der Waals surface area contributed by atoms with Crippen LogP contribution in [0.15, 0.2) is 24.8 Å². The van der Waals surface area contributed by atoms with Crippen LogP contribution in [-0.4, -0.2) is 4.98 Å². The summed E-state index contributed by atoms with van der Waals surface area (Å²) < 4.78 is 0. The predicted octanol–water partition coefficient (Wildman–Crippen LogP) is 2.29. The quantitative estimate of drug-likeness (QED) is 0.603. The lowest BCUT2D eigenvalue weighted by Gasteiger charge is -1.95. The van der Waals surface area contributed by atoms with Gasteiger partial charge in [-0.05, 0) is 24.6 Å². The minimum Gasteiger partial charge on any atom is -0.254 e. The Morgan fingerprint density at radius 3 is 3.00 bits per heavy atom. The second-order valence-corrected chi connectivity index (χ2v) is 2.11. The summed E-state index contributed by atoms with van der Waals surface area (Å²) in [4.78, 5) is 4.29. The molecule has 0 aromatic carbocycles. The van der Waals surface area contributed by atoms with E-state index in [1.54, 1.807) is 6.08 Å². The number of aryl methyl sites for hydroxylation is 1. The third kappa shape index (κ3) is 1.44. The molecule has 10 heavy (non-hydrogen) atoms. The van der Waals surface area contributed by atoms with Crippen molar-refractivity contribution in [3.05, 3.63) is 36.2 Å². The fourth-order valence-electron chi connectivity index (χ4n) is 0.809. The van der Waals surface area contributed by atoms with Crippen molar-refractivity contribution in [2.45, 2.75) is 13.3 Å². The molecule has 0 atom stereocenters. The maximum Gasteiger partial charge on any atom is 0.0627 e. The molecule has 0 saturated carbocycles. The number of rotatable bonds is 2. The molecule has 0 bridgehead atoms. The zero-order chi connectivity index (χ0) is 7.40. The van der Waals surface area contributed by atoms with Gasteiger partial charge in [-0.3, -0.25) is 4.98 Å². The predicted molar refractivity (Wildman–Crippen MR) is 43.7 cm³/mol. The van der Waals surface area contributed by atoms with Gasteiger partial charge >= 0.3 is 0 Å². The molecule has 1 heterocycles. The zero-order valence-corrected chi connectivity index (χ0v) is 6.17. The van der Waals surface area contributed by atoms with Gasteiger partial charge in [0.1, 0.15) is 0 Å². The average molecular weight is 133 g/mol. The standard InChI is InChI=1S/C9H11N/c1-3-8-6-5-7-9(4-2)10-8/h3,5-7H,1,4H2,2H3. The minimum atomic E-state index is 0.958. The molecule has 52 valence electrons. The summed E-state index contributed by atoms with van der Waals surface area (Å²) in [6.07, 6.45) is 2.75. The van der Waals surface area contributed by atoms with Gasteiger partial charge in [-0.1, -0.05) is 19.6 Å². The van der Waals surface area contributed by atoms with Crippen LogP contribution in [0.5, 0.6) is 0 Å². The molecule has 0 aliphatic rings. The number of nitrogens with zero attached hydrogens (tertiary/aromatic N) is 1. The van der Waals surface area contributed by atoms with Crippen LogP contribution in [-0.2, 0) is 6.42 Å². The molecule has 0 unspecified atom stereocenters. The van der Waals surface area contributed by atoms with Crippen molar-refractivity contribution in [2.75, 3.05) is 0 Å². The monoisotopic (exact) mass is 133 g/mol. The molecule has 0 fully saturated rings. The van der Waals surface area contributed by atoms with Crippen LogP contribution < -0.4 is 0 Å². The molecular formula is C9H11N. The Labute approximate surface area is 61.4 Å². The van der Waals surface area contributed by atoms with Gasteiger partial charge < -0.3 is 0 Å². The number of pyridine rings is 1. The Hall–Kier alpha value is -1.11. The zero-order valence-electron chi connectivity index (χ0n) is 6.17. The van der Waals surface area contributed by atoms with Gasteiger partial charge in [0.05, 0.1) is 5.69 Å². The summed E-state index contributed by atoms with van der Waals surface area (Å²) in [5, 5.41) is 0. The van der Waals surface area contributed by atoms with Gasteiger partial charge in [-0.15, -0.1) is 0 Å². The lowest BCUT2D eigenvalue weighted by atomic mass is 10.2. The minimum absolute atomic E-state index is 0.958. The van der Waals surface area contributed by atoms with E-state index < -0.39 is 0 Å². The summed E-state index contributed by atoms with van der Waals surface area (Å²) in [7, 11) is 0. The average Bonchev–Trinajstić information content (AvgIpc) is 2.05. The van der Waals surface area contributed by atoms with Gasteiger partial charge in [0.25, 0.3) is 0 Å². The van der Waals surface area contributed by atoms with Gasteiger partial charge in [0.15, 0.2) is 0 Å². The molecule has 1 aromatic rings. The largest absolute Gasteiger partial charge is 0.254 e. The number of hydrogen-bond donors (Lipinski definition) is 0. The third-order valence-corrected chi connectivity index (χ3v) is 1.40. The first-order valence-corrected chi connectivity index (χ1v) is 3.45. The molecule has 0 aliphatic carbocycles. The van der Waals surface area contributed by atoms with Gasteiger partial charge in [0.2, 0.25) is 0 Å². The van der Waals surface area contributed by atoms with Crippen LogP contribution in [0.25, 0.3) is 6.08 Å². The lowest BCUT2D eigenvalue weighted by Crippen LogP contribution is -1.87. The van der Waals surface area contributed by atoms with Crippen molar-refractivity contribution < 1.29 is 0 Å². The van der Waals surface area contributed by atoms with Crippen LogP contribution >= 0.6 is 0 Å². The Morgan fingerprint density at radius 1 is 1.60 bits per heavy atom. The number of aromatic nitrogens is 1. The first-order valence-electron chi connectivity index (χ1n) is 3.45. The van der Waals surface area contributed by atoms with E-state index in [1.165, 1.54) is 0 Å². The second-order valence-electron chi connectivity index (χ2n) is 2.11. The van der Waals surface area contributed by atoms with E-state index in [0.717, 1.165) is 17.8 Å². The van der Waals surface area contributed by atoms with E-state index in [0.29, 0.717) is 0 Å². The molecule has 0 aliphatic heterocycles. The molecular weight excluding hydrogens is 122 g/mol. The Morgan fingerprint density at radius 2 is 2.40 bits per heavy atom. The van der Waals surface area contributed by atoms with Crippen LogP contribution in [0.2, 0.25) is 0 Å². The molecule has 0 saturated heterocycles. The van der Waals surface area contributed by atoms with E-state index in [9.17, 15) is 0 Å². The highest BCUT2D eigenvalue weighted by Gasteiger charge is 1.89. The van der Waals surface area contributed by atoms with Crippen molar-refractivity contribution in [1.29, 1.82) is 0 Å². The highest BCUT2D eigenvalue weighted by Crippen LogP contribution is 2.00. The van der Waals surface area contributed by atoms with Crippen LogP contribution in [0.1, 0.15) is 18.3 Å². The molecule has 0 spiro atoms. The van der Waals surface area contributed by atoms with Gasteiger partial charge in [-0.2, -0.15) is 0 Å². The summed E-state index contributed by atoms with van der Waals surface area (Å²) in [6.45, 7) is 5.74. The summed E-state index contributed by atoms with van der Waals surface area (Å²) in [5.41, 5.74) is 2.08. The van der Waals surface area contributed by atoms with Crippen LogP contribution in [0.3, 0.4) is 0 Å². The summed E-state index contributed by atoms with van der Waals surface area (Å²) >= 11 is 0. The summed E-state index contributed by atoms with van der Waals surface area (Å²) in [6, 6.07) is 5.97. The van der Waals surface area contributed by atoms with Gasteiger partial charge in [0, 0.05) is 5.69 Å². The molecule has 0 radical (unpaired) electrons. The molecule has 1 rings (SSSR count). The first kappa shape index (κ1) is 7.00. The van der Waals surface area contributed by atoms with Crippen LogP contribution in [0.4, 0.5) is 0 Å². The Kier molecular flexibility index (Phi) is 2.21. The molecule has 1 heteroatoms. The fourth-order valence-corrected chi connectivity index (χ4v) is 0.809.